The van der Waals surface area contributed by atoms with E-state index in [1.807, 2.05) is 11.6 Å². The van der Waals surface area contributed by atoms with Gasteiger partial charge in [0.05, 0.1) is 18.8 Å². The van der Waals surface area contributed by atoms with Gasteiger partial charge in [0.15, 0.2) is 0 Å². The van der Waals surface area contributed by atoms with Crippen LogP contribution in [0.5, 0.6) is 0 Å². The lowest BCUT2D eigenvalue weighted by molar-refractivity contribution is -0.00469. The second-order valence-corrected chi connectivity index (χ2v) is 3.79. The minimum absolute atomic E-state index is 0.157. The summed E-state index contributed by atoms with van der Waals surface area (Å²) in [5.41, 5.74) is 0. The van der Waals surface area contributed by atoms with Gasteiger partial charge in [-0.25, -0.2) is 4.98 Å². The van der Waals surface area contributed by atoms with E-state index in [2.05, 4.69) is 9.88 Å². The summed E-state index contributed by atoms with van der Waals surface area (Å²) in [7, 11) is 1.89. The summed E-state index contributed by atoms with van der Waals surface area (Å²) in [5.74, 6) is 0.942. The molecular weight excluding hydrogens is 190 g/mol. The summed E-state index contributed by atoms with van der Waals surface area (Å²) < 4.78 is 1.85. The molecule has 0 saturated carbocycles. The average Bonchev–Trinajstić information content (AvgIpc) is 2.33. The van der Waals surface area contributed by atoms with Gasteiger partial charge in [-0.15, -0.1) is 0 Å². The summed E-state index contributed by atoms with van der Waals surface area (Å²) >= 11 is 5.84. The smallest absolute Gasteiger partial charge is 0.128 e. The van der Waals surface area contributed by atoms with Crippen molar-refractivity contribution in [3.05, 3.63) is 17.2 Å². The Labute approximate surface area is 81.7 Å². The van der Waals surface area contributed by atoms with Crippen molar-refractivity contribution in [2.45, 2.75) is 12.6 Å². The van der Waals surface area contributed by atoms with Crippen LogP contribution in [0.15, 0.2) is 6.20 Å². The lowest BCUT2D eigenvalue weighted by Crippen LogP contribution is -2.50. The van der Waals surface area contributed by atoms with E-state index in [0.29, 0.717) is 5.15 Å². The Balaban J connectivity index is 1.98. The van der Waals surface area contributed by atoms with Gasteiger partial charge in [-0.05, 0) is 0 Å². The third-order valence-electron chi connectivity index (χ3n) is 2.33. The van der Waals surface area contributed by atoms with Crippen LogP contribution in [0.2, 0.25) is 5.15 Å². The van der Waals surface area contributed by atoms with Crippen LogP contribution in [0, 0.1) is 0 Å². The summed E-state index contributed by atoms with van der Waals surface area (Å²) in [6.07, 6.45) is 1.49. The molecule has 1 N–H and O–H groups in total. The first-order valence-corrected chi connectivity index (χ1v) is 4.61. The largest absolute Gasteiger partial charge is 0.390 e. The molecule has 1 aliphatic heterocycles. The predicted octanol–water partition coefficient (Wildman–Crippen LogP) is 0.250. The second-order valence-electron chi connectivity index (χ2n) is 3.40. The Bertz CT molecular complexity index is 306. The Morgan fingerprint density at radius 1 is 1.69 bits per heavy atom. The molecule has 1 aromatic heterocycles. The van der Waals surface area contributed by atoms with Crippen molar-refractivity contribution in [2.24, 2.45) is 7.05 Å². The molecule has 0 aromatic carbocycles. The van der Waals surface area contributed by atoms with E-state index in [0.717, 1.165) is 25.5 Å². The number of aliphatic hydroxyl groups is 1. The van der Waals surface area contributed by atoms with Crippen LogP contribution in [0.3, 0.4) is 0 Å². The van der Waals surface area contributed by atoms with E-state index in [1.165, 1.54) is 0 Å². The molecule has 1 saturated heterocycles. The molecule has 0 atom stereocenters. The number of halogens is 1. The monoisotopic (exact) mass is 201 g/mol. The molecule has 1 aliphatic rings. The predicted molar refractivity (Wildman–Crippen MR) is 49.5 cm³/mol. The summed E-state index contributed by atoms with van der Waals surface area (Å²) in [6, 6.07) is 0. The molecule has 4 nitrogen and oxygen atoms in total. The lowest BCUT2D eigenvalue weighted by atomic mass is 10.2. The van der Waals surface area contributed by atoms with Crippen LogP contribution in [-0.4, -0.2) is 38.8 Å². The van der Waals surface area contributed by atoms with Gasteiger partial charge >= 0.3 is 0 Å². The third-order valence-corrected chi connectivity index (χ3v) is 2.68. The second kappa shape index (κ2) is 3.29. The van der Waals surface area contributed by atoms with Crippen molar-refractivity contribution in [3.63, 3.8) is 0 Å². The number of nitrogens with zero attached hydrogens (tertiary/aromatic N) is 3. The van der Waals surface area contributed by atoms with E-state index < -0.39 is 0 Å². The van der Waals surface area contributed by atoms with Crippen molar-refractivity contribution in [2.75, 3.05) is 13.1 Å². The highest BCUT2D eigenvalue weighted by Crippen LogP contribution is 2.14. The Kier molecular flexibility index (Phi) is 2.27. The van der Waals surface area contributed by atoms with Gasteiger partial charge in [0.2, 0.25) is 0 Å². The highest BCUT2D eigenvalue weighted by molar-refractivity contribution is 6.29. The Morgan fingerprint density at radius 2 is 2.38 bits per heavy atom. The molecule has 13 heavy (non-hydrogen) atoms. The molecule has 2 heterocycles. The minimum Gasteiger partial charge on any atom is -0.390 e. The van der Waals surface area contributed by atoms with E-state index in [-0.39, 0.29) is 6.10 Å². The summed E-state index contributed by atoms with van der Waals surface area (Å²) in [6.45, 7) is 2.25. The fourth-order valence-electron chi connectivity index (χ4n) is 1.44. The number of hydrogen-bond donors (Lipinski definition) is 1. The lowest BCUT2D eigenvalue weighted by Gasteiger charge is -2.35. The molecule has 0 radical (unpaired) electrons. The average molecular weight is 202 g/mol. The van der Waals surface area contributed by atoms with Crippen LogP contribution in [0.1, 0.15) is 5.82 Å². The maximum absolute atomic E-state index is 9.08. The highest BCUT2D eigenvalue weighted by atomic mass is 35.5. The van der Waals surface area contributed by atoms with E-state index >= 15 is 0 Å². The van der Waals surface area contributed by atoms with Gasteiger partial charge in [-0.2, -0.15) is 0 Å². The maximum Gasteiger partial charge on any atom is 0.128 e. The number of hydrogen-bond acceptors (Lipinski definition) is 3. The molecule has 72 valence electrons. The zero-order valence-electron chi connectivity index (χ0n) is 7.44. The SMILES string of the molecule is Cn1c(Cl)cnc1CN1CC(O)C1. The maximum atomic E-state index is 9.08. The number of likely N-dealkylation sites (tertiary alicyclic amines) is 1. The molecule has 0 spiro atoms. The minimum atomic E-state index is -0.157. The first kappa shape index (κ1) is 8.99. The normalized spacial score (nSPS) is 19.0. The fourth-order valence-corrected chi connectivity index (χ4v) is 1.59. The number of aliphatic hydroxyl groups excluding tert-OH is 1. The van der Waals surface area contributed by atoms with Crippen molar-refractivity contribution in [1.29, 1.82) is 0 Å². The molecule has 5 heteroatoms. The molecule has 2 rings (SSSR count). The fraction of sp³-hybridized carbons (Fsp3) is 0.625. The van der Waals surface area contributed by atoms with Gasteiger partial charge in [-0.1, -0.05) is 11.6 Å². The number of β-amino-alcohol motifs (C(OH)–C–C–N with tert-alkyl or cyclic N) is 1. The standard InChI is InChI=1S/C8H12ClN3O/c1-11-7(9)2-10-8(11)5-12-3-6(13)4-12/h2,6,13H,3-5H2,1H3. The van der Waals surface area contributed by atoms with Crippen LogP contribution in [0.25, 0.3) is 0 Å². The molecule has 0 unspecified atom stereocenters. The molecular formula is C8H12ClN3O. The summed E-state index contributed by atoms with van der Waals surface area (Å²) in [4.78, 5) is 6.30. The van der Waals surface area contributed by atoms with Crippen LogP contribution in [0.4, 0.5) is 0 Å². The van der Waals surface area contributed by atoms with Gasteiger partial charge < -0.3 is 9.67 Å². The van der Waals surface area contributed by atoms with Gasteiger partial charge in [-0.3, -0.25) is 4.90 Å². The first-order valence-electron chi connectivity index (χ1n) is 4.23. The molecule has 0 aliphatic carbocycles. The van der Waals surface area contributed by atoms with Crippen LogP contribution < -0.4 is 0 Å². The van der Waals surface area contributed by atoms with Crippen LogP contribution >= 0.6 is 11.6 Å². The third kappa shape index (κ3) is 1.70. The van der Waals surface area contributed by atoms with Gasteiger partial charge in [0, 0.05) is 20.1 Å². The molecule has 1 aromatic rings. The quantitative estimate of drug-likeness (QED) is 0.746. The van der Waals surface area contributed by atoms with Crippen LogP contribution in [-0.2, 0) is 13.6 Å². The van der Waals surface area contributed by atoms with E-state index in [4.69, 9.17) is 16.7 Å². The van der Waals surface area contributed by atoms with Crippen molar-refractivity contribution in [1.82, 2.24) is 14.5 Å². The highest BCUT2D eigenvalue weighted by Gasteiger charge is 2.25. The Morgan fingerprint density at radius 3 is 2.85 bits per heavy atom. The van der Waals surface area contributed by atoms with Gasteiger partial charge in [0.25, 0.3) is 0 Å². The van der Waals surface area contributed by atoms with Crippen molar-refractivity contribution < 1.29 is 5.11 Å². The van der Waals surface area contributed by atoms with E-state index in [9.17, 15) is 0 Å². The zero-order valence-corrected chi connectivity index (χ0v) is 8.20. The molecule has 0 bridgehead atoms. The van der Waals surface area contributed by atoms with Gasteiger partial charge in [0.1, 0.15) is 11.0 Å². The van der Waals surface area contributed by atoms with Crippen molar-refractivity contribution >= 4 is 11.6 Å². The number of imidazole rings is 1. The number of aromatic nitrogens is 2. The van der Waals surface area contributed by atoms with E-state index in [1.54, 1.807) is 6.20 Å². The molecule has 1 fully saturated rings. The first-order chi connectivity index (χ1) is 6.16. The topological polar surface area (TPSA) is 41.3 Å². The molecule has 0 amide bonds. The zero-order chi connectivity index (χ0) is 9.42. The summed E-state index contributed by atoms with van der Waals surface area (Å²) in [5, 5.41) is 9.73. The van der Waals surface area contributed by atoms with Crippen molar-refractivity contribution in [3.8, 4) is 0 Å². The Hall–Kier alpha value is -0.580. The number of rotatable bonds is 2.